The highest BCUT2D eigenvalue weighted by Gasteiger charge is 1.99. The van der Waals surface area contributed by atoms with Crippen molar-refractivity contribution in [3.05, 3.63) is 36.3 Å². The second kappa shape index (κ2) is 5.93. The highest BCUT2D eigenvalue weighted by Crippen LogP contribution is 2.03. The van der Waals surface area contributed by atoms with Crippen LogP contribution in [0, 0.1) is 0 Å². The SMILES string of the molecule is CS(=O)CCCNCc1cn2ccccc2n1. The van der Waals surface area contributed by atoms with Crippen molar-refractivity contribution in [1.29, 1.82) is 0 Å². The van der Waals surface area contributed by atoms with E-state index >= 15 is 0 Å². The highest BCUT2D eigenvalue weighted by atomic mass is 32.2. The largest absolute Gasteiger partial charge is 0.311 e. The lowest BCUT2D eigenvalue weighted by Crippen LogP contribution is -2.16. The van der Waals surface area contributed by atoms with E-state index < -0.39 is 10.8 Å². The summed E-state index contributed by atoms with van der Waals surface area (Å²) in [5.74, 6) is 0.762. The molecular weight excluding hydrogens is 234 g/mol. The molecule has 0 aromatic carbocycles. The minimum absolute atomic E-state index is 0.686. The Morgan fingerprint density at radius 1 is 1.47 bits per heavy atom. The summed E-state index contributed by atoms with van der Waals surface area (Å²) in [6.07, 6.45) is 6.70. The Bertz CT molecular complexity index is 476. The molecule has 2 heterocycles. The fourth-order valence-electron chi connectivity index (χ4n) is 1.69. The Labute approximate surface area is 104 Å². The first kappa shape index (κ1) is 12.3. The van der Waals surface area contributed by atoms with E-state index in [1.807, 2.05) is 35.0 Å². The van der Waals surface area contributed by atoms with Crippen LogP contribution < -0.4 is 5.32 Å². The smallest absolute Gasteiger partial charge is 0.137 e. The Morgan fingerprint density at radius 2 is 2.35 bits per heavy atom. The molecule has 0 spiro atoms. The van der Waals surface area contributed by atoms with E-state index in [4.69, 9.17) is 0 Å². The summed E-state index contributed by atoms with van der Waals surface area (Å²) in [7, 11) is -0.686. The predicted molar refractivity (Wildman–Crippen MR) is 70.4 cm³/mol. The van der Waals surface area contributed by atoms with Gasteiger partial charge in [0, 0.05) is 41.7 Å². The maximum absolute atomic E-state index is 10.9. The van der Waals surface area contributed by atoms with Gasteiger partial charge in [-0.15, -0.1) is 0 Å². The normalized spacial score (nSPS) is 13.0. The molecule has 1 N–H and O–H groups in total. The van der Waals surface area contributed by atoms with Gasteiger partial charge in [-0.2, -0.15) is 0 Å². The maximum Gasteiger partial charge on any atom is 0.137 e. The summed E-state index contributed by atoms with van der Waals surface area (Å²) in [6, 6.07) is 5.96. The second-order valence-corrected chi connectivity index (χ2v) is 5.56. The van der Waals surface area contributed by atoms with E-state index in [1.54, 1.807) is 6.26 Å². The third kappa shape index (κ3) is 3.64. The summed E-state index contributed by atoms with van der Waals surface area (Å²) in [4.78, 5) is 4.49. The lowest BCUT2D eigenvalue weighted by atomic mass is 10.4. The quantitative estimate of drug-likeness (QED) is 0.785. The molecule has 2 aromatic rings. The standard InChI is InChI=1S/C12H17N3OS/c1-17(16)8-4-6-13-9-11-10-15-7-3-2-5-12(15)14-11/h2-3,5,7,10,13H,4,6,8-9H2,1H3. The van der Waals surface area contributed by atoms with Crippen LogP contribution in [0.25, 0.3) is 5.65 Å². The van der Waals surface area contributed by atoms with E-state index in [1.165, 1.54) is 0 Å². The zero-order valence-corrected chi connectivity index (χ0v) is 10.7. The van der Waals surface area contributed by atoms with Gasteiger partial charge in [-0.25, -0.2) is 4.98 Å². The lowest BCUT2D eigenvalue weighted by molar-refractivity contribution is 0.657. The number of hydrogen-bond acceptors (Lipinski definition) is 3. The number of nitrogens with zero attached hydrogens (tertiary/aromatic N) is 2. The van der Waals surface area contributed by atoms with E-state index in [0.717, 1.165) is 36.6 Å². The summed E-state index contributed by atoms with van der Waals surface area (Å²) < 4.78 is 12.9. The number of pyridine rings is 1. The molecule has 0 aliphatic heterocycles. The number of nitrogens with one attached hydrogen (secondary N) is 1. The fraction of sp³-hybridized carbons (Fsp3) is 0.417. The van der Waals surface area contributed by atoms with Crippen LogP contribution >= 0.6 is 0 Å². The molecule has 0 aliphatic rings. The average Bonchev–Trinajstić information content (AvgIpc) is 2.70. The zero-order valence-electron chi connectivity index (χ0n) is 9.93. The van der Waals surface area contributed by atoms with Gasteiger partial charge in [0.1, 0.15) is 5.65 Å². The van der Waals surface area contributed by atoms with Crippen molar-refractivity contribution in [2.24, 2.45) is 0 Å². The second-order valence-electron chi connectivity index (χ2n) is 4.01. The van der Waals surface area contributed by atoms with Crippen molar-refractivity contribution >= 4 is 16.4 Å². The van der Waals surface area contributed by atoms with Crippen molar-refractivity contribution in [3.63, 3.8) is 0 Å². The molecule has 2 rings (SSSR count). The molecule has 1 atom stereocenters. The van der Waals surface area contributed by atoms with Crippen molar-refractivity contribution < 1.29 is 4.21 Å². The molecule has 0 bridgehead atoms. The van der Waals surface area contributed by atoms with Gasteiger partial charge in [-0.3, -0.25) is 4.21 Å². The zero-order chi connectivity index (χ0) is 12.1. The first-order valence-electron chi connectivity index (χ1n) is 5.69. The summed E-state index contributed by atoms with van der Waals surface area (Å²) >= 11 is 0. The Balaban J connectivity index is 1.81. The molecule has 0 radical (unpaired) electrons. The van der Waals surface area contributed by atoms with Crippen LogP contribution in [0.3, 0.4) is 0 Å². The van der Waals surface area contributed by atoms with Gasteiger partial charge >= 0.3 is 0 Å². The van der Waals surface area contributed by atoms with Gasteiger partial charge in [0.15, 0.2) is 0 Å². The van der Waals surface area contributed by atoms with Crippen molar-refractivity contribution in [3.8, 4) is 0 Å². The van der Waals surface area contributed by atoms with Gasteiger partial charge in [-0.1, -0.05) is 6.07 Å². The minimum Gasteiger partial charge on any atom is -0.311 e. The van der Waals surface area contributed by atoms with Gasteiger partial charge < -0.3 is 9.72 Å². The number of hydrogen-bond donors (Lipinski definition) is 1. The molecule has 4 nitrogen and oxygen atoms in total. The van der Waals surface area contributed by atoms with Gasteiger partial charge in [0.2, 0.25) is 0 Å². The van der Waals surface area contributed by atoms with Crippen molar-refractivity contribution in [2.75, 3.05) is 18.6 Å². The maximum atomic E-state index is 10.9. The number of imidazole rings is 1. The molecule has 0 saturated heterocycles. The van der Waals surface area contributed by atoms with E-state index in [2.05, 4.69) is 10.3 Å². The number of aromatic nitrogens is 2. The lowest BCUT2D eigenvalue weighted by Gasteiger charge is -2.00. The molecule has 17 heavy (non-hydrogen) atoms. The number of rotatable bonds is 6. The third-order valence-corrected chi connectivity index (χ3v) is 3.37. The van der Waals surface area contributed by atoms with Gasteiger partial charge in [-0.05, 0) is 25.1 Å². The molecule has 0 saturated carbocycles. The molecule has 0 amide bonds. The van der Waals surface area contributed by atoms with Crippen LogP contribution in [-0.2, 0) is 17.3 Å². The van der Waals surface area contributed by atoms with Crippen LogP contribution in [0.15, 0.2) is 30.6 Å². The van der Waals surface area contributed by atoms with Crippen LogP contribution in [-0.4, -0.2) is 32.1 Å². The molecule has 0 fully saturated rings. The van der Waals surface area contributed by atoms with E-state index in [9.17, 15) is 4.21 Å². The predicted octanol–water partition coefficient (Wildman–Crippen LogP) is 1.19. The van der Waals surface area contributed by atoms with E-state index in [-0.39, 0.29) is 0 Å². The highest BCUT2D eigenvalue weighted by molar-refractivity contribution is 7.84. The molecule has 1 unspecified atom stereocenters. The molecule has 92 valence electrons. The van der Waals surface area contributed by atoms with Crippen LogP contribution in [0.1, 0.15) is 12.1 Å². The Hall–Kier alpha value is -1.20. The number of fused-ring (bicyclic) bond motifs is 1. The average molecular weight is 251 g/mol. The fourth-order valence-corrected chi connectivity index (χ4v) is 2.24. The van der Waals surface area contributed by atoms with Crippen molar-refractivity contribution in [2.45, 2.75) is 13.0 Å². The van der Waals surface area contributed by atoms with Crippen LogP contribution in [0.2, 0.25) is 0 Å². The molecule has 5 heteroatoms. The monoisotopic (exact) mass is 251 g/mol. The van der Waals surface area contributed by atoms with Crippen LogP contribution in [0.4, 0.5) is 0 Å². The summed E-state index contributed by atoms with van der Waals surface area (Å²) in [6.45, 7) is 1.64. The van der Waals surface area contributed by atoms with Gasteiger partial charge in [0.05, 0.1) is 5.69 Å². The van der Waals surface area contributed by atoms with E-state index in [0.29, 0.717) is 0 Å². The summed E-state index contributed by atoms with van der Waals surface area (Å²) in [5, 5.41) is 3.31. The first-order chi connectivity index (χ1) is 8.25. The first-order valence-corrected chi connectivity index (χ1v) is 7.42. The third-order valence-electron chi connectivity index (χ3n) is 2.51. The molecular formula is C12H17N3OS. The van der Waals surface area contributed by atoms with Gasteiger partial charge in [0.25, 0.3) is 0 Å². The van der Waals surface area contributed by atoms with Crippen molar-refractivity contribution in [1.82, 2.24) is 14.7 Å². The summed E-state index contributed by atoms with van der Waals surface area (Å²) in [5.41, 5.74) is 2.01. The molecule has 2 aromatic heterocycles. The molecule has 0 aliphatic carbocycles. The minimum atomic E-state index is -0.686. The topological polar surface area (TPSA) is 46.4 Å². The Morgan fingerprint density at radius 3 is 3.12 bits per heavy atom. The van der Waals surface area contributed by atoms with Crippen LogP contribution in [0.5, 0.6) is 0 Å². The Kier molecular flexibility index (Phi) is 4.28.